The predicted octanol–water partition coefficient (Wildman–Crippen LogP) is 0.650. The monoisotopic (exact) mass is 137 g/mol. The van der Waals surface area contributed by atoms with Crippen molar-refractivity contribution in [3.8, 4) is 0 Å². The summed E-state index contributed by atoms with van der Waals surface area (Å²) in [5.41, 5.74) is 0.868. The molecule has 0 aliphatic rings. The second-order valence-corrected chi connectivity index (χ2v) is 2.00. The van der Waals surface area contributed by atoms with Crippen LogP contribution in [0.15, 0.2) is 12.3 Å². The van der Waals surface area contributed by atoms with E-state index in [9.17, 15) is 9.59 Å². The van der Waals surface area contributed by atoms with Crippen LogP contribution in [0.3, 0.4) is 0 Å². The van der Waals surface area contributed by atoms with Crippen LogP contribution in [0.1, 0.15) is 20.8 Å². The molecule has 0 fully saturated rings. The summed E-state index contributed by atoms with van der Waals surface area (Å²) in [4.78, 5) is 20.5. The standard InChI is InChI=1S/C7H7NO2/c1-8-3-2-6(4-9)7(8)5-10/h2-5H,1H3. The number of carbonyl (C=O) groups is 2. The lowest BCUT2D eigenvalue weighted by Crippen LogP contribution is -1.95. The molecule has 1 heterocycles. The molecule has 0 spiro atoms. The summed E-state index contributed by atoms with van der Waals surface area (Å²) in [5, 5.41) is 0. The molecule has 3 heteroatoms. The minimum absolute atomic E-state index is 0.426. The Hall–Kier alpha value is -1.38. The smallest absolute Gasteiger partial charge is 0.167 e. The van der Waals surface area contributed by atoms with Gasteiger partial charge >= 0.3 is 0 Å². The van der Waals surface area contributed by atoms with Gasteiger partial charge in [-0.1, -0.05) is 0 Å². The number of aryl methyl sites for hydroxylation is 1. The van der Waals surface area contributed by atoms with Gasteiger partial charge in [0.15, 0.2) is 12.6 Å². The molecule has 0 aliphatic heterocycles. The van der Waals surface area contributed by atoms with Crippen molar-refractivity contribution in [3.63, 3.8) is 0 Å². The third-order valence-corrected chi connectivity index (χ3v) is 1.39. The van der Waals surface area contributed by atoms with E-state index < -0.39 is 0 Å². The fourth-order valence-electron chi connectivity index (χ4n) is 0.812. The lowest BCUT2D eigenvalue weighted by Gasteiger charge is -1.91. The Labute approximate surface area is 58.3 Å². The average Bonchev–Trinajstić information content (AvgIpc) is 2.30. The lowest BCUT2D eigenvalue weighted by molar-refractivity contribution is 0.109. The number of hydrogen-bond acceptors (Lipinski definition) is 2. The van der Waals surface area contributed by atoms with Gasteiger partial charge in [-0.05, 0) is 6.07 Å². The Balaban J connectivity index is 3.25. The van der Waals surface area contributed by atoms with Crippen LogP contribution >= 0.6 is 0 Å². The maximum absolute atomic E-state index is 10.3. The van der Waals surface area contributed by atoms with Gasteiger partial charge in [0.05, 0.1) is 5.69 Å². The molecule has 0 amide bonds. The van der Waals surface area contributed by atoms with Gasteiger partial charge in [-0.25, -0.2) is 0 Å². The first kappa shape index (κ1) is 6.74. The number of aldehydes is 2. The molecule has 1 aromatic rings. The van der Waals surface area contributed by atoms with Crippen LogP contribution in [-0.2, 0) is 7.05 Å². The highest BCUT2D eigenvalue weighted by Crippen LogP contribution is 2.02. The van der Waals surface area contributed by atoms with E-state index in [0.717, 1.165) is 0 Å². The van der Waals surface area contributed by atoms with Crippen LogP contribution in [0.2, 0.25) is 0 Å². The van der Waals surface area contributed by atoms with Crippen LogP contribution < -0.4 is 0 Å². The summed E-state index contributed by atoms with van der Waals surface area (Å²) in [6.45, 7) is 0. The first-order valence-electron chi connectivity index (χ1n) is 2.85. The zero-order chi connectivity index (χ0) is 7.56. The van der Waals surface area contributed by atoms with Gasteiger partial charge in [0.1, 0.15) is 0 Å². The summed E-state index contributed by atoms with van der Waals surface area (Å²) in [6, 6.07) is 1.61. The summed E-state index contributed by atoms with van der Waals surface area (Å²) in [7, 11) is 1.72. The van der Waals surface area contributed by atoms with Crippen LogP contribution in [-0.4, -0.2) is 17.1 Å². The summed E-state index contributed by atoms with van der Waals surface area (Å²) >= 11 is 0. The van der Waals surface area contributed by atoms with E-state index in [-0.39, 0.29) is 0 Å². The van der Waals surface area contributed by atoms with E-state index in [1.165, 1.54) is 0 Å². The third kappa shape index (κ3) is 0.857. The van der Waals surface area contributed by atoms with Crippen molar-refractivity contribution in [2.45, 2.75) is 0 Å². The molecule has 0 saturated heterocycles. The van der Waals surface area contributed by atoms with Crippen LogP contribution in [0.5, 0.6) is 0 Å². The highest BCUT2D eigenvalue weighted by molar-refractivity contribution is 5.88. The molecule has 0 radical (unpaired) electrons. The second-order valence-electron chi connectivity index (χ2n) is 2.00. The summed E-state index contributed by atoms with van der Waals surface area (Å²) in [5.74, 6) is 0. The van der Waals surface area contributed by atoms with Crippen molar-refractivity contribution in [2.24, 2.45) is 7.05 Å². The van der Waals surface area contributed by atoms with Gasteiger partial charge in [0.2, 0.25) is 0 Å². The molecule has 0 bridgehead atoms. The van der Waals surface area contributed by atoms with Gasteiger partial charge in [-0.2, -0.15) is 0 Å². The minimum Gasteiger partial charge on any atom is -0.348 e. The first-order chi connectivity index (χ1) is 4.79. The molecular weight excluding hydrogens is 130 g/mol. The molecule has 0 aliphatic carbocycles. The zero-order valence-electron chi connectivity index (χ0n) is 5.57. The quantitative estimate of drug-likeness (QED) is 0.561. The molecule has 0 saturated carbocycles. The highest BCUT2D eigenvalue weighted by atomic mass is 16.1. The number of hydrogen-bond donors (Lipinski definition) is 0. The normalized spacial score (nSPS) is 9.30. The highest BCUT2D eigenvalue weighted by Gasteiger charge is 2.02. The molecule has 0 N–H and O–H groups in total. The number of carbonyl (C=O) groups excluding carboxylic acids is 2. The van der Waals surface area contributed by atoms with Crippen molar-refractivity contribution in [2.75, 3.05) is 0 Å². The van der Waals surface area contributed by atoms with Crippen molar-refractivity contribution in [3.05, 3.63) is 23.5 Å². The maximum Gasteiger partial charge on any atom is 0.167 e. The Morgan fingerprint density at radius 2 is 2.10 bits per heavy atom. The molecule has 0 unspecified atom stereocenters. The first-order valence-corrected chi connectivity index (χ1v) is 2.85. The largest absolute Gasteiger partial charge is 0.348 e. The lowest BCUT2D eigenvalue weighted by atomic mass is 10.3. The van der Waals surface area contributed by atoms with Crippen molar-refractivity contribution in [1.29, 1.82) is 0 Å². The molecule has 3 nitrogen and oxygen atoms in total. The van der Waals surface area contributed by atoms with Gasteiger partial charge in [-0.15, -0.1) is 0 Å². The third-order valence-electron chi connectivity index (χ3n) is 1.39. The van der Waals surface area contributed by atoms with E-state index >= 15 is 0 Å². The maximum atomic E-state index is 10.3. The van der Waals surface area contributed by atoms with E-state index in [4.69, 9.17) is 0 Å². The van der Waals surface area contributed by atoms with E-state index in [1.807, 2.05) is 0 Å². The number of nitrogens with zero attached hydrogens (tertiary/aromatic N) is 1. The predicted molar refractivity (Wildman–Crippen MR) is 36.2 cm³/mol. The van der Waals surface area contributed by atoms with Crippen LogP contribution in [0.4, 0.5) is 0 Å². The Kier molecular flexibility index (Phi) is 1.67. The fraction of sp³-hybridized carbons (Fsp3) is 0.143. The van der Waals surface area contributed by atoms with Gasteiger partial charge in [0.25, 0.3) is 0 Å². The second kappa shape index (κ2) is 2.47. The Morgan fingerprint density at radius 3 is 2.50 bits per heavy atom. The fourth-order valence-corrected chi connectivity index (χ4v) is 0.812. The molecule has 52 valence electrons. The van der Waals surface area contributed by atoms with E-state index in [2.05, 4.69) is 0 Å². The number of aromatic nitrogens is 1. The molecule has 0 aromatic carbocycles. The van der Waals surface area contributed by atoms with Gasteiger partial charge in [0, 0.05) is 18.8 Å². The van der Waals surface area contributed by atoms with Crippen molar-refractivity contribution in [1.82, 2.24) is 4.57 Å². The summed E-state index contributed by atoms with van der Waals surface area (Å²) in [6.07, 6.45) is 3.01. The topological polar surface area (TPSA) is 39.1 Å². The van der Waals surface area contributed by atoms with Gasteiger partial charge in [-0.3, -0.25) is 9.59 Å². The Bertz CT molecular complexity index is 263. The Morgan fingerprint density at radius 1 is 1.40 bits per heavy atom. The molecular formula is C7H7NO2. The van der Waals surface area contributed by atoms with Crippen molar-refractivity contribution >= 4 is 12.6 Å². The molecule has 0 atom stereocenters. The summed E-state index contributed by atoms with van der Waals surface area (Å²) < 4.78 is 1.61. The van der Waals surface area contributed by atoms with Gasteiger partial charge < -0.3 is 4.57 Å². The molecule has 1 rings (SSSR count). The molecule has 10 heavy (non-hydrogen) atoms. The van der Waals surface area contributed by atoms with Crippen LogP contribution in [0.25, 0.3) is 0 Å². The average molecular weight is 137 g/mol. The van der Waals surface area contributed by atoms with E-state index in [1.54, 1.807) is 23.9 Å². The zero-order valence-corrected chi connectivity index (χ0v) is 5.57. The number of rotatable bonds is 2. The molecule has 1 aromatic heterocycles. The van der Waals surface area contributed by atoms with E-state index in [0.29, 0.717) is 23.8 Å². The minimum atomic E-state index is 0.426. The van der Waals surface area contributed by atoms with Crippen molar-refractivity contribution < 1.29 is 9.59 Å². The SMILES string of the molecule is Cn1ccc(C=O)c1C=O. The van der Waals surface area contributed by atoms with Crippen LogP contribution in [0, 0.1) is 0 Å².